The molecule has 27 heavy (non-hydrogen) atoms. The number of hydrogen-bond donors (Lipinski definition) is 0. The molecule has 2 heterocycles. The lowest BCUT2D eigenvalue weighted by atomic mass is 9.87. The van der Waals surface area contributed by atoms with Crippen LogP contribution in [0.15, 0.2) is 47.1 Å². The molecule has 2 aromatic carbocycles. The van der Waals surface area contributed by atoms with Gasteiger partial charge >= 0.3 is 0 Å². The molecule has 4 nitrogen and oxygen atoms in total. The third-order valence-electron chi connectivity index (χ3n) is 4.97. The van der Waals surface area contributed by atoms with Crippen LogP contribution in [0, 0.1) is 0 Å². The van der Waals surface area contributed by atoms with Crippen LogP contribution >= 0.6 is 39.8 Å². The van der Waals surface area contributed by atoms with E-state index in [1.54, 1.807) is 0 Å². The quantitative estimate of drug-likeness (QED) is 0.146. The van der Waals surface area contributed by atoms with Gasteiger partial charge in [0.05, 0.1) is 33.3 Å². The Balaban J connectivity index is 1.84. The number of pyridine rings is 1. The molecule has 1 aliphatic rings. The van der Waals surface area contributed by atoms with Crippen molar-refractivity contribution in [3.8, 4) is 0 Å². The highest BCUT2D eigenvalue weighted by atomic mass is 79.9. The predicted octanol–water partition coefficient (Wildman–Crippen LogP) is 6.41. The molecule has 0 aliphatic carbocycles. The van der Waals surface area contributed by atoms with Crippen LogP contribution in [0.3, 0.4) is 0 Å². The van der Waals surface area contributed by atoms with Crippen molar-refractivity contribution in [1.29, 1.82) is 0 Å². The smallest absolute Gasteiger partial charge is 0.121 e. The Hall–Kier alpha value is -1.02. The zero-order valence-electron chi connectivity index (χ0n) is 14.8. The second-order valence-corrected chi connectivity index (χ2v) is 8.64. The molecule has 0 spiro atoms. The number of piperidine rings is 1. The summed E-state index contributed by atoms with van der Waals surface area (Å²) in [6.45, 7) is 1.86. The highest BCUT2D eigenvalue weighted by Gasteiger charge is 2.28. The molecule has 3 aromatic rings. The van der Waals surface area contributed by atoms with E-state index < -0.39 is 0 Å². The van der Waals surface area contributed by atoms with Gasteiger partial charge in [-0.2, -0.15) is 0 Å². The van der Waals surface area contributed by atoms with Crippen molar-refractivity contribution in [3.05, 3.63) is 57.7 Å². The third-order valence-corrected chi connectivity index (χ3v) is 6.64. The Kier molecular flexibility index (Phi) is 6.12. The van der Waals surface area contributed by atoms with Crippen LogP contribution in [0.2, 0.25) is 5.02 Å². The van der Waals surface area contributed by atoms with Gasteiger partial charge < -0.3 is 0 Å². The lowest BCUT2D eigenvalue weighted by Gasteiger charge is -2.29. The summed E-state index contributed by atoms with van der Waals surface area (Å²) in [4.78, 5) is 9.47. The minimum atomic E-state index is 0.421. The number of rotatable bonds is 4. The number of hydrogen-bond acceptors (Lipinski definition) is 5. The van der Waals surface area contributed by atoms with Crippen LogP contribution < -0.4 is 0 Å². The van der Waals surface area contributed by atoms with Crippen LogP contribution in [0.5, 0.6) is 0 Å². The molecule has 7 heteroatoms. The maximum absolute atomic E-state index is 6.29. The summed E-state index contributed by atoms with van der Waals surface area (Å²) in [5.74, 6) is 0.421. The zero-order valence-corrected chi connectivity index (χ0v) is 18.0. The normalized spacial score (nSPS) is 16.3. The van der Waals surface area contributed by atoms with Gasteiger partial charge in [0, 0.05) is 65.4 Å². The fraction of sp³-hybridized carbons (Fsp3) is 0.300. The van der Waals surface area contributed by atoms with Gasteiger partial charge in [0.15, 0.2) is 0 Å². The number of aromatic nitrogens is 1. The molecule has 0 amide bonds. The van der Waals surface area contributed by atoms with Crippen LogP contribution in [0.4, 0.5) is 0 Å². The summed E-state index contributed by atoms with van der Waals surface area (Å²) >= 11 is 11.3. The van der Waals surface area contributed by atoms with E-state index in [1.807, 2.05) is 24.4 Å². The Morgan fingerprint density at radius 3 is 2.85 bits per heavy atom. The fourth-order valence-corrected chi connectivity index (χ4v) is 5.01. The maximum Gasteiger partial charge on any atom is 0.121 e. The molecule has 1 aliphatic heterocycles. The molecule has 1 saturated heterocycles. The van der Waals surface area contributed by atoms with Gasteiger partial charge in [-0.05, 0) is 36.6 Å². The molecule has 1 aromatic heterocycles. The average Bonchev–Trinajstić information content (AvgIpc) is 2.81. The molecule has 0 radical (unpaired) electrons. The first-order valence-corrected chi connectivity index (χ1v) is 10.7. The molecule has 0 saturated carbocycles. The van der Waals surface area contributed by atoms with Crippen LogP contribution in [0.1, 0.15) is 24.3 Å². The van der Waals surface area contributed by atoms with E-state index in [1.165, 1.54) is 30.3 Å². The van der Waals surface area contributed by atoms with Gasteiger partial charge in [0.25, 0.3) is 0 Å². The summed E-state index contributed by atoms with van der Waals surface area (Å²) in [6.07, 6.45) is 3.94. The average molecular weight is 467 g/mol. The minimum absolute atomic E-state index is 0.421. The minimum Gasteiger partial charge on any atom is -0.247 e. The molecular weight excluding hydrogens is 448 g/mol. The predicted molar refractivity (Wildman–Crippen MR) is 116 cm³/mol. The van der Waals surface area contributed by atoms with E-state index >= 15 is 0 Å². The van der Waals surface area contributed by atoms with E-state index in [9.17, 15) is 0 Å². The Labute approximate surface area is 176 Å². The molecule has 0 bridgehead atoms. The maximum atomic E-state index is 6.29. The monoisotopic (exact) mass is 465 g/mol. The summed E-state index contributed by atoms with van der Waals surface area (Å²) in [6, 6.07) is 12.4. The van der Waals surface area contributed by atoms with Crippen molar-refractivity contribution in [3.63, 3.8) is 0 Å². The van der Waals surface area contributed by atoms with Crippen molar-refractivity contribution in [2.75, 3.05) is 20.2 Å². The first-order valence-electron chi connectivity index (χ1n) is 8.79. The number of halogens is 2. The number of nitrogens with zero attached hydrogens (tertiary/aromatic N) is 2. The van der Waals surface area contributed by atoms with E-state index in [0.717, 1.165) is 51.7 Å². The lowest BCUT2D eigenvalue weighted by Crippen LogP contribution is -2.28. The summed E-state index contributed by atoms with van der Waals surface area (Å²) < 4.78 is 8.23. The van der Waals surface area contributed by atoms with Crippen molar-refractivity contribution in [2.45, 2.75) is 18.8 Å². The number of benzene rings is 1. The largest absolute Gasteiger partial charge is 0.247 e. The molecule has 4 rings (SSSR count). The van der Waals surface area contributed by atoms with Gasteiger partial charge in [-0.3, -0.25) is 0 Å². The molecule has 1 fully saturated rings. The van der Waals surface area contributed by atoms with Crippen LogP contribution in [0.25, 0.3) is 21.7 Å². The van der Waals surface area contributed by atoms with Gasteiger partial charge in [-0.1, -0.05) is 0 Å². The summed E-state index contributed by atoms with van der Waals surface area (Å²) in [5.41, 5.74) is 2.36. The fourth-order valence-electron chi connectivity index (χ4n) is 3.76. The van der Waals surface area contributed by atoms with E-state index in [4.69, 9.17) is 25.8 Å². The molecule has 0 unspecified atom stereocenters. The van der Waals surface area contributed by atoms with Gasteiger partial charge in [-0.15, -0.1) is 4.33 Å². The van der Waals surface area contributed by atoms with E-state index in [-0.39, 0.29) is 0 Å². The van der Waals surface area contributed by atoms with E-state index in [0.29, 0.717) is 5.92 Å². The second kappa shape index (κ2) is 8.55. The van der Waals surface area contributed by atoms with Crippen molar-refractivity contribution >= 4 is 61.4 Å². The van der Waals surface area contributed by atoms with Crippen LogP contribution in [-0.2, 0) is 9.22 Å². The van der Waals surface area contributed by atoms with Gasteiger partial charge in [0.1, 0.15) is 22.8 Å². The van der Waals surface area contributed by atoms with Crippen molar-refractivity contribution in [2.24, 2.45) is 0 Å². The lowest BCUT2D eigenvalue weighted by molar-refractivity contribution is -0.163. The topological polar surface area (TPSA) is 34.6 Å². The highest BCUT2D eigenvalue weighted by molar-refractivity contribution is 9.10. The zero-order chi connectivity index (χ0) is 18.8. The third kappa shape index (κ3) is 4.06. The number of fused-ring (bicyclic) bond motifs is 2. The Morgan fingerprint density at radius 1 is 1.26 bits per heavy atom. The van der Waals surface area contributed by atoms with Crippen molar-refractivity contribution in [1.82, 2.24) is 9.29 Å². The van der Waals surface area contributed by atoms with E-state index in [2.05, 4.69) is 38.4 Å². The second-order valence-electron chi connectivity index (χ2n) is 6.55. The SMILES string of the molecule is COOSN1CCC(c2c3ncccc3c(Br)c[c+]3cc(Cl)ccc23)CC1. The summed E-state index contributed by atoms with van der Waals surface area (Å²) in [7, 11) is 1.52. The molecule has 0 atom stereocenters. The Bertz CT molecular complexity index is 987. The summed E-state index contributed by atoms with van der Waals surface area (Å²) in [5, 5.41) is 4.21. The first kappa shape index (κ1) is 19.3. The first-order chi connectivity index (χ1) is 13.2. The van der Waals surface area contributed by atoms with Gasteiger partial charge in [-0.25, -0.2) is 14.2 Å². The molecule has 140 valence electrons. The highest BCUT2D eigenvalue weighted by Crippen LogP contribution is 2.40. The molecule has 0 N–H and O–H groups in total. The van der Waals surface area contributed by atoms with Crippen molar-refractivity contribution < 1.29 is 9.22 Å². The van der Waals surface area contributed by atoms with Crippen LogP contribution in [-0.4, -0.2) is 29.5 Å². The Morgan fingerprint density at radius 2 is 2.07 bits per heavy atom. The standard InChI is InChI=1S/C20H19BrClN2O2S/c1-25-26-27-24-9-6-13(7-10-24)19-16-5-4-15(22)11-14(16)12-18(21)17-3-2-8-23-20(17)19/h2-5,8,11-13H,6-7,9-10H2,1H3/q+1. The van der Waals surface area contributed by atoms with Gasteiger partial charge in [0.2, 0.25) is 0 Å². The molecular formula is C20H19BrClN2O2S+.